The Kier molecular flexibility index (Phi) is 6.82. The van der Waals surface area contributed by atoms with Crippen LogP contribution in [0.3, 0.4) is 0 Å². The van der Waals surface area contributed by atoms with Gasteiger partial charge in [-0.15, -0.1) is 0 Å². The molecule has 0 rings (SSSR count). The number of hydrogen-bond acceptors (Lipinski definition) is 3. The summed E-state index contributed by atoms with van der Waals surface area (Å²) in [6.45, 7) is 24.1. The van der Waals surface area contributed by atoms with Gasteiger partial charge in [0.15, 0.2) is 0 Å². The Balaban J connectivity index is 5.52. The van der Waals surface area contributed by atoms with Gasteiger partial charge in [-0.05, 0) is 21.7 Å². The minimum absolute atomic E-state index is 0.279. The van der Waals surface area contributed by atoms with Crippen molar-refractivity contribution in [3.05, 3.63) is 0 Å². The van der Waals surface area contributed by atoms with Gasteiger partial charge >= 0.3 is 7.82 Å². The van der Waals surface area contributed by atoms with E-state index >= 15 is 0 Å². The zero-order chi connectivity index (χ0) is 19.1. The van der Waals surface area contributed by atoms with Crippen LogP contribution in [0.1, 0.15) is 83.1 Å². The van der Waals surface area contributed by atoms with E-state index in [1.807, 2.05) is 83.1 Å². The summed E-state index contributed by atoms with van der Waals surface area (Å²) >= 11 is 0. The molecule has 0 amide bonds. The third-order valence-corrected chi connectivity index (χ3v) is 4.58. The molecule has 0 radical (unpaired) electrons. The second-order valence-corrected chi connectivity index (χ2v) is 12.3. The highest BCUT2D eigenvalue weighted by Gasteiger charge is 2.46. The molecule has 5 heteroatoms. The normalized spacial score (nSPS) is 15.6. The molecule has 0 fully saturated rings. The van der Waals surface area contributed by atoms with Crippen LogP contribution < -0.4 is 0 Å². The molecule has 0 aromatic heterocycles. The highest BCUT2D eigenvalue weighted by molar-refractivity contribution is 7.47. The van der Waals surface area contributed by atoms with E-state index in [-0.39, 0.29) is 21.7 Å². The van der Waals surface area contributed by atoms with Gasteiger partial charge in [0.05, 0.1) is 12.2 Å². The van der Waals surface area contributed by atoms with Crippen molar-refractivity contribution in [3.63, 3.8) is 0 Å². The van der Waals surface area contributed by atoms with Gasteiger partial charge in [0, 0.05) is 0 Å². The lowest BCUT2D eigenvalue weighted by Gasteiger charge is -2.44. The average Bonchev–Trinajstić information content (AvgIpc) is 2.16. The molecule has 0 bridgehead atoms. The third-order valence-electron chi connectivity index (χ3n) is 3.62. The maximum atomic E-state index is 12.7. The number of hydrogen-bond donors (Lipinski definition) is 1. The molecule has 1 N–H and O–H groups in total. The van der Waals surface area contributed by atoms with Crippen molar-refractivity contribution < 1.29 is 18.5 Å². The smallest absolute Gasteiger partial charge is 0.302 e. The second kappa shape index (κ2) is 6.78. The van der Waals surface area contributed by atoms with E-state index in [1.54, 1.807) is 0 Å². The molecule has 140 valence electrons. The van der Waals surface area contributed by atoms with E-state index in [0.717, 1.165) is 0 Å². The van der Waals surface area contributed by atoms with E-state index in [9.17, 15) is 9.46 Å². The Morgan fingerprint density at radius 2 is 0.783 bits per heavy atom. The fourth-order valence-corrected chi connectivity index (χ4v) is 5.37. The van der Waals surface area contributed by atoms with E-state index in [2.05, 4.69) is 0 Å². The lowest BCUT2D eigenvalue weighted by Crippen LogP contribution is -2.42. The van der Waals surface area contributed by atoms with Gasteiger partial charge in [0.2, 0.25) is 0 Å². The Morgan fingerprint density at radius 1 is 0.609 bits per heavy atom. The minimum atomic E-state index is -4.19. The molecule has 0 unspecified atom stereocenters. The highest BCUT2D eigenvalue weighted by atomic mass is 31.2. The molecule has 0 aliphatic carbocycles. The molecule has 0 spiro atoms. The summed E-state index contributed by atoms with van der Waals surface area (Å²) in [5.41, 5.74) is -1.12. The number of phosphoric ester groups is 1. The molecule has 0 aliphatic rings. The lowest BCUT2D eigenvalue weighted by atomic mass is 9.74. The zero-order valence-corrected chi connectivity index (χ0v) is 18.2. The third kappa shape index (κ3) is 7.69. The fraction of sp³-hybridized carbons (Fsp3) is 1.00. The molecule has 4 nitrogen and oxygen atoms in total. The van der Waals surface area contributed by atoms with Crippen LogP contribution in [0.5, 0.6) is 0 Å². The predicted molar refractivity (Wildman–Crippen MR) is 97.4 cm³/mol. The standard InChI is InChI=1S/C18H39O4P/c1-15(2,3)13(16(4,5)6)21-23(19,20)22-14(17(7,8)9)18(10,11)12/h13-14H,1-12H3,(H,19,20). The van der Waals surface area contributed by atoms with Crippen molar-refractivity contribution in [2.75, 3.05) is 0 Å². The first-order valence-corrected chi connectivity index (χ1v) is 9.87. The van der Waals surface area contributed by atoms with Crippen molar-refractivity contribution in [3.8, 4) is 0 Å². The average molecular weight is 350 g/mol. The molecule has 0 heterocycles. The van der Waals surface area contributed by atoms with Gasteiger partial charge in [0.25, 0.3) is 0 Å². The van der Waals surface area contributed by atoms with Gasteiger partial charge < -0.3 is 4.89 Å². The molecule has 0 aliphatic heterocycles. The fourth-order valence-electron chi connectivity index (χ4n) is 3.52. The van der Waals surface area contributed by atoms with Crippen molar-refractivity contribution in [2.45, 2.75) is 95.3 Å². The van der Waals surface area contributed by atoms with Crippen LogP contribution in [0.25, 0.3) is 0 Å². The van der Waals surface area contributed by atoms with E-state index < -0.39 is 20.0 Å². The monoisotopic (exact) mass is 350 g/mol. The molecule has 0 saturated carbocycles. The van der Waals surface area contributed by atoms with Crippen molar-refractivity contribution in [2.24, 2.45) is 21.7 Å². The van der Waals surface area contributed by atoms with Crippen molar-refractivity contribution in [1.29, 1.82) is 0 Å². The van der Waals surface area contributed by atoms with Crippen LogP contribution in [0, 0.1) is 21.7 Å². The van der Waals surface area contributed by atoms with E-state index in [0.29, 0.717) is 0 Å². The summed E-state index contributed by atoms with van der Waals surface area (Å²) in [6.07, 6.45) is -0.821. The van der Waals surface area contributed by atoms with Crippen LogP contribution in [-0.4, -0.2) is 17.1 Å². The summed E-state index contributed by atoms with van der Waals surface area (Å²) in [4.78, 5) is 10.4. The molecular formula is C18H39O4P. The van der Waals surface area contributed by atoms with Gasteiger partial charge in [-0.1, -0.05) is 83.1 Å². The molecule has 0 aromatic carbocycles. The Labute approximate surface area is 144 Å². The molecule has 0 atom stereocenters. The lowest BCUT2D eigenvalue weighted by molar-refractivity contribution is -0.0670. The molecule has 0 aromatic rings. The van der Waals surface area contributed by atoms with Gasteiger partial charge in [-0.3, -0.25) is 9.05 Å². The summed E-state index contributed by atoms with van der Waals surface area (Å²) in [7, 11) is -4.19. The topological polar surface area (TPSA) is 55.8 Å². The van der Waals surface area contributed by atoms with Crippen molar-refractivity contribution >= 4 is 7.82 Å². The molecule has 23 heavy (non-hydrogen) atoms. The Morgan fingerprint density at radius 3 is 0.913 bits per heavy atom. The van der Waals surface area contributed by atoms with E-state index in [4.69, 9.17) is 9.05 Å². The minimum Gasteiger partial charge on any atom is -0.302 e. The summed E-state index contributed by atoms with van der Waals surface area (Å²) < 4.78 is 24.1. The summed E-state index contributed by atoms with van der Waals surface area (Å²) in [5.74, 6) is 0. The number of phosphoric acid groups is 1. The first kappa shape index (κ1) is 23.1. The Bertz CT molecular complexity index is 364. The van der Waals surface area contributed by atoms with Crippen LogP contribution >= 0.6 is 7.82 Å². The molecule has 0 saturated heterocycles. The van der Waals surface area contributed by atoms with Crippen LogP contribution in [0.4, 0.5) is 0 Å². The zero-order valence-electron chi connectivity index (χ0n) is 17.3. The summed E-state index contributed by atoms with van der Waals surface area (Å²) in [6, 6.07) is 0. The SMILES string of the molecule is CC(C)(C)C(OP(=O)(O)OC(C(C)(C)C)C(C)(C)C)C(C)(C)C. The first-order chi connectivity index (χ1) is 9.68. The van der Waals surface area contributed by atoms with Crippen molar-refractivity contribution in [1.82, 2.24) is 0 Å². The maximum absolute atomic E-state index is 12.7. The van der Waals surface area contributed by atoms with Crippen LogP contribution in [-0.2, 0) is 13.6 Å². The van der Waals surface area contributed by atoms with E-state index in [1.165, 1.54) is 0 Å². The van der Waals surface area contributed by atoms with Gasteiger partial charge in [0.1, 0.15) is 0 Å². The van der Waals surface area contributed by atoms with Gasteiger partial charge in [-0.25, -0.2) is 4.57 Å². The molecular weight excluding hydrogens is 311 g/mol. The Hall–Kier alpha value is 0.110. The number of rotatable bonds is 4. The quantitative estimate of drug-likeness (QED) is 0.628. The van der Waals surface area contributed by atoms with Gasteiger partial charge in [-0.2, -0.15) is 0 Å². The van der Waals surface area contributed by atoms with Crippen LogP contribution in [0.15, 0.2) is 0 Å². The summed E-state index contributed by atoms with van der Waals surface area (Å²) in [5, 5.41) is 0. The highest BCUT2D eigenvalue weighted by Crippen LogP contribution is 2.55. The predicted octanol–water partition coefficient (Wildman–Crippen LogP) is 6.04. The maximum Gasteiger partial charge on any atom is 0.472 e. The van der Waals surface area contributed by atoms with Crippen LogP contribution in [0.2, 0.25) is 0 Å². The second-order valence-electron chi connectivity index (χ2n) is 10.9. The largest absolute Gasteiger partial charge is 0.472 e. The first-order valence-electron chi connectivity index (χ1n) is 8.37.